The number of hydrogen-bond acceptors (Lipinski definition) is 5. The molecular weight excluding hydrogens is 456 g/mol. The second kappa shape index (κ2) is 9.81. The summed E-state index contributed by atoms with van der Waals surface area (Å²) >= 11 is 6.46. The Morgan fingerprint density at radius 2 is 1.58 bits per heavy atom. The van der Waals surface area contributed by atoms with E-state index >= 15 is 0 Å². The third-order valence-electron chi connectivity index (χ3n) is 4.91. The molecule has 0 saturated carbocycles. The summed E-state index contributed by atoms with van der Waals surface area (Å²) in [5, 5.41) is 11.6. The first-order chi connectivity index (χ1) is 15.9. The first-order valence-electron chi connectivity index (χ1n) is 9.95. The molecule has 1 saturated heterocycles. The molecule has 6 nitrogen and oxygen atoms in total. The highest BCUT2D eigenvalue weighted by molar-refractivity contribution is 8.26. The third kappa shape index (κ3) is 5.36. The standard InChI is InChI=1S/C25H18N2O4S2/c28-22(26-20-12-10-19(11-13-20)24(30)31)15-27-23(29)21(33-25(27)32)14-16-6-8-18(9-7-16)17-4-2-1-3-5-17/h1-14H,15H2,(H,26,28)(H,30,31)/b21-14-. The maximum absolute atomic E-state index is 12.8. The maximum atomic E-state index is 12.8. The van der Waals surface area contributed by atoms with Crippen LogP contribution in [-0.4, -0.2) is 38.7 Å². The molecule has 2 amide bonds. The SMILES string of the molecule is O=C(CN1C(=O)/C(=C/c2ccc(-c3ccccc3)cc2)SC1=S)Nc1ccc(C(=O)O)cc1. The van der Waals surface area contributed by atoms with E-state index in [4.69, 9.17) is 17.3 Å². The van der Waals surface area contributed by atoms with Crippen molar-refractivity contribution in [1.82, 2.24) is 4.90 Å². The van der Waals surface area contributed by atoms with Gasteiger partial charge in [0.15, 0.2) is 0 Å². The molecule has 0 spiro atoms. The van der Waals surface area contributed by atoms with Crippen molar-refractivity contribution in [3.63, 3.8) is 0 Å². The van der Waals surface area contributed by atoms with Crippen LogP contribution in [0.25, 0.3) is 17.2 Å². The number of carbonyl (C=O) groups is 3. The number of nitrogens with one attached hydrogen (secondary N) is 1. The largest absolute Gasteiger partial charge is 0.478 e. The summed E-state index contributed by atoms with van der Waals surface area (Å²) in [5.41, 5.74) is 3.60. The maximum Gasteiger partial charge on any atom is 0.335 e. The van der Waals surface area contributed by atoms with Crippen LogP contribution in [0, 0.1) is 0 Å². The summed E-state index contributed by atoms with van der Waals surface area (Å²) in [6, 6.07) is 23.6. The summed E-state index contributed by atoms with van der Waals surface area (Å²) in [6.45, 7) is -0.227. The number of rotatable bonds is 6. The Kier molecular flexibility index (Phi) is 6.67. The topological polar surface area (TPSA) is 86.7 Å². The van der Waals surface area contributed by atoms with Crippen LogP contribution in [0.3, 0.4) is 0 Å². The number of aromatic carboxylic acids is 1. The molecular formula is C25H18N2O4S2. The summed E-state index contributed by atoms with van der Waals surface area (Å²) in [6.07, 6.45) is 1.76. The quantitative estimate of drug-likeness (QED) is 0.391. The number of benzene rings is 3. The van der Waals surface area contributed by atoms with Gasteiger partial charge in [-0.2, -0.15) is 0 Å². The molecule has 1 aliphatic heterocycles. The molecule has 0 bridgehead atoms. The van der Waals surface area contributed by atoms with Crippen molar-refractivity contribution in [2.75, 3.05) is 11.9 Å². The molecule has 1 heterocycles. The number of amides is 2. The van der Waals surface area contributed by atoms with Gasteiger partial charge in [0.2, 0.25) is 5.91 Å². The Morgan fingerprint density at radius 3 is 2.21 bits per heavy atom. The van der Waals surface area contributed by atoms with Crippen LogP contribution in [0.2, 0.25) is 0 Å². The number of carbonyl (C=O) groups excluding carboxylic acids is 2. The Balaban J connectivity index is 1.41. The van der Waals surface area contributed by atoms with Crippen LogP contribution >= 0.6 is 24.0 Å². The molecule has 1 fully saturated rings. The first kappa shape index (κ1) is 22.4. The summed E-state index contributed by atoms with van der Waals surface area (Å²) in [5.74, 6) is -1.80. The van der Waals surface area contributed by atoms with Crippen LogP contribution in [0.4, 0.5) is 5.69 Å². The zero-order valence-electron chi connectivity index (χ0n) is 17.2. The van der Waals surface area contributed by atoms with E-state index in [1.165, 1.54) is 29.2 Å². The van der Waals surface area contributed by atoms with Crippen molar-refractivity contribution in [3.8, 4) is 11.1 Å². The lowest BCUT2D eigenvalue weighted by Crippen LogP contribution is -2.36. The fraction of sp³-hybridized carbons (Fsp3) is 0.0400. The summed E-state index contributed by atoms with van der Waals surface area (Å²) in [7, 11) is 0. The Labute approximate surface area is 199 Å². The van der Waals surface area contributed by atoms with Gasteiger partial charge in [-0.15, -0.1) is 0 Å². The van der Waals surface area contributed by atoms with Crippen molar-refractivity contribution < 1.29 is 19.5 Å². The monoisotopic (exact) mass is 474 g/mol. The third-order valence-corrected chi connectivity index (χ3v) is 6.28. The smallest absolute Gasteiger partial charge is 0.335 e. The van der Waals surface area contributed by atoms with Crippen LogP contribution in [0.1, 0.15) is 15.9 Å². The Morgan fingerprint density at radius 1 is 0.939 bits per heavy atom. The highest BCUT2D eigenvalue weighted by Crippen LogP contribution is 2.32. The number of anilines is 1. The Bertz CT molecular complexity index is 1250. The zero-order valence-corrected chi connectivity index (χ0v) is 18.9. The van der Waals surface area contributed by atoms with Crippen LogP contribution in [0.15, 0.2) is 83.8 Å². The predicted octanol–water partition coefficient (Wildman–Crippen LogP) is 4.89. The molecule has 4 rings (SSSR count). The van der Waals surface area contributed by atoms with Crippen LogP contribution in [0.5, 0.6) is 0 Å². The fourth-order valence-corrected chi connectivity index (χ4v) is 4.49. The zero-order chi connectivity index (χ0) is 23.4. The normalized spacial score (nSPS) is 14.5. The van der Waals surface area contributed by atoms with E-state index in [1.807, 2.05) is 54.6 Å². The second-order valence-corrected chi connectivity index (χ2v) is 8.86. The van der Waals surface area contributed by atoms with Gasteiger partial charge in [-0.25, -0.2) is 4.79 Å². The molecule has 0 unspecified atom stereocenters. The van der Waals surface area contributed by atoms with Gasteiger partial charge in [0.25, 0.3) is 5.91 Å². The van der Waals surface area contributed by atoms with Gasteiger partial charge in [-0.3, -0.25) is 14.5 Å². The number of carboxylic acids is 1. The van der Waals surface area contributed by atoms with Gasteiger partial charge in [0, 0.05) is 5.69 Å². The number of thiocarbonyl (C=S) groups is 1. The average molecular weight is 475 g/mol. The molecule has 2 N–H and O–H groups in total. The molecule has 0 atom stereocenters. The minimum Gasteiger partial charge on any atom is -0.478 e. The van der Waals surface area contributed by atoms with Crippen molar-refractivity contribution in [3.05, 3.63) is 94.9 Å². The molecule has 33 heavy (non-hydrogen) atoms. The number of carboxylic acid groups (broad SMARTS) is 1. The van der Waals surface area contributed by atoms with Gasteiger partial charge >= 0.3 is 5.97 Å². The average Bonchev–Trinajstić information content (AvgIpc) is 3.07. The number of thioether (sulfide) groups is 1. The minimum atomic E-state index is -1.05. The van der Waals surface area contributed by atoms with E-state index in [1.54, 1.807) is 6.08 Å². The van der Waals surface area contributed by atoms with Crippen LogP contribution in [-0.2, 0) is 9.59 Å². The van der Waals surface area contributed by atoms with Crippen molar-refractivity contribution in [2.45, 2.75) is 0 Å². The Hall–Kier alpha value is -3.75. The number of nitrogens with zero attached hydrogens (tertiary/aromatic N) is 1. The molecule has 164 valence electrons. The van der Waals surface area contributed by atoms with E-state index in [2.05, 4.69) is 5.32 Å². The summed E-state index contributed by atoms with van der Waals surface area (Å²) in [4.78, 5) is 37.9. The lowest BCUT2D eigenvalue weighted by molar-refractivity contribution is -0.126. The molecule has 1 aliphatic rings. The van der Waals surface area contributed by atoms with E-state index in [-0.39, 0.29) is 18.0 Å². The van der Waals surface area contributed by atoms with Crippen LogP contribution < -0.4 is 5.32 Å². The second-order valence-electron chi connectivity index (χ2n) is 7.19. The minimum absolute atomic E-state index is 0.117. The summed E-state index contributed by atoms with van der Waals surface area (Å²) < 4.78 is 0.309. The molecule has 0 radical (unpaired) electrons. The van der Waals surface area contributed by atoms with Crippen molar-refractivity contribution in [1.29, 1.82) is 0 Å². The molecule has 0 aliphatic carbocycles. The predicted molar refractivity (Wildman–Crippen MR) is 134 cm³/mol. The molecule has 3 aromatic carbocycles. The van der Waals surface area contributed by atoms with E-state index in [0.29, 0.717) is 14.9 Å². The molecule has 0 aromatic heterocycles. The lowest BCUT2D eigenvalue weighted by atomic mass is 10.0. The van der Waals surface area contributed by atoms with Crippen molar-refractivity contribution in [2.24, 2.45) is 0 Å². The van der Waals surface area contributed by atoms with Gasteiger partial charge in [0.05, 0.1) is 10.5 Å². The first-order valence-corrected chi connectivity index (χ1v) is 11.2. The van der Waals surface area contributed by atoms with Gasteiger partial charge in [0.1, 0.15) is 10.9 Å². The van der Waals surface area contributed by atoms with E-state index in [0.717, 1.165) is 28.5 Å². The number of hydrogen-bond donors (Lipinski definition) is 2. The van der Waals surface area contributed by atoms with Gasteiger partial charge in [-0.1, -0.05) is 78.6 Å². The fourth-order valence-electron chi connectivity index (χ4n) is 3.23. The highest BCUT2D eigenvalue weighted by Gasteiger charge is 2.33. The van der Waals surface area contributed by atoms with Crippen molar-refractivity contribution >= 4 is 57.8 Å². The van der Waals surface area contributed by atoms with E-state index in [9.17, 15) is 14.4 Å². The van der Waals surface area contributed by atoms with Gasteiger partial charge < -0.3 is 10.4 Å². The molecule has 8 heteroatoms. The molecule has 3 aromatic rings. The highest BCUT2D eigenvalue weighted by atomic mass is 32.2. The lowest BCUT2D eigenvalue weighted by Gasteiger charge is -2.14. The van der Waals surface area contributed by atoms with E-state index < -0.39 is 11.9 Å². The van der Waals surface area contributed by atoms with Gasteiger partial charge in [-0.05, 0) is 47.0 Å².